The Hall–Kier alpha value is -1.62. The van der Waals surface area contributed by atoms with Gasteiger partial charge in [0.05, 0.1) is 16.6 Å². The molecule has 2 aromatic carbocycles. The zero-order chi connectivity index (χ0) is 14.8. The summed E-state index contributed by atoms with van der Waals surface area (Å²) in [5.74, 6) is 0.675. The molecule has 0 fully saturated rings. The van der Waals surface area contributed by atoms with Crippen LogP contribution in [-0.2, 0) is 6.54 Å². The molecule has 0 saturated carbocycles. The molecule has 1 N–H and O–H groups in total. The normalized spacial score (nSPS) is 10.8. The maximum absolute atomic E-state index is 6.03. The van der Waals surface area contributed by atoms with Crippen molar-refractivity contribution < 1.29 is 0 Å². The lowest BCUT2D eigenvalue weighted by Crippen LogP contribution is -2.01. The number of halogens is 2. The first-order valence-corrected chi connectivity index (χ1v) is 7.46. The third-order valence-electron chi connectivity index (χ3n) is 3.06. The van der Waals surface area contributed by atoms with E-state index >= 15 is 0 Å². The summed E-state index contributed by atoms with van der Waals surface area (Å²) in [6, 6.07) is 15.4. The van der Waals surface area contributed by atoms with Crippen LogP contribution in [0.4, 0.5) is 0 Å². The Morgan fingerprint density at radius 1 is 1.05 bits per heavy atom. The standard InChI is InChI=1S/C15H11Cl2N3S/c16-12-7-6-11(8-13(12)17)14-18-15(21)20(19-14)9-10-4-2-1-3-5-10/h1-8H,9H2,(H,18,19,21). The second-order valence-corrected chi connectivity index (χ2v) is 5.73. The quantitative estimate of drug-likeness (QED) is 0.686. The minimum absolute atomic E-state index is 0.492. The molecule has 0 aliphatic heterocycles. The van der Waals surface area contributed by atoms with Gasteiger partial charge in [0, 0.05) is 5.56 Å². The third-order valence-corrected chi connectivity index (χ3v) is 4.11. The molecule has 3 aromatic rings. The van der Waals surface area contributed by atoms with Crippen molar-refractivity contribution in [1.29, 1.82) is 0 Å². The number of nitrogens with one attached hydrogen (secondary N) is 1. The lowest BCUT2D eigenvalue weighted by Gasteiger charge is -2.02. The van der Waals surface area contributed by atoms with Gasteiger partial charge in [-0.2, -0.15) is 4.98 Å². The van der Waals surface area contributed by atoms with Crippen molar-refractivity contribution in [2.75, 3.05) is 0 Å². The Kier molecular flexibility index (Phi) is 4.10. The number of rotatable bonds is 3. The molecular weight excluding hydrogens is 325 g/mol. The van der Waals surface area contributed by atoms with E-state index in [1.54, 1.807) is 12.1 Å². The maximum atomic E-state index is 6.03. The number of hydrogen-bond acceptors (Lipinski definition) is 2. The van der Waals surface area contributed by atoms with Gasteiger partial charge in [0.2, 0.25) is 4.77 Å². The fourth-order valence-corrected chi connectivity index (χ4v) is 2.50. The van der Waals surface area contributed by atoms with Crippen LogP contribution in [0, 0.1) is 4.77 Å². The van der Waals surface area contributed by atoms with Crippen molar-refractivity contribution in [3.05, 3.63) is 68.9 Å². The number of benzene rings is 2. The molecule has 21 heavy (non-hydrogen) atoms. The Labute approximate surface area is 137 Å². The van der Waals surface area contributed by atoms with E-state index in [9.17, 15) is 0 Å². The molecule has 3 rings (SSSR count). The number of H-pyrrole nitrogens is 1. The lowest BCUT2D eigenvalue weighted by atomic mass is 10.2. The van der Waals surface area contributed by atoms with Gasteiger partial charge >= 0.3 is 0 Å². The largest absolute Gasteiger partial charge is 0.279 e. The molecule has 1 heterocycles. The summed E-state index contributed by atoms with van der Waals surface area (Å²) in [6.45, 7) is 0.647. The van der Waals surface area contributed by atoms with E-state index in [-0.39, 0.29) is 0 Å². The average Bonchev–Trinajstić information content (AvgIpc) is 2.84. The SMILES string of the molecule is S=c1nc(-c2ccc(Cl)c(Cl)c2)[nH]n1Cc1ccccc1. The van der Waals surface area contributed by atoms with Gasteiger partial charge in [-0.15, -0.1) is 0 Å². The zero-order valence-corrected chi connectivity index (χ0v) is 13.2. The van der Waals surface area contributed by atoms with Crippen LogP contribution >= 0.6 is 35.4 Å². The van der Waals surface area contributed by atoms with E-state index < -0.39 is 0 Å². The zero-order valence-electron chi connectivity index (χ0n) is 10.9. The molecule has 0 bridgehead atoms. The molecule has 1 aromatic heterocycles. The molecule has 0 amide bonds. The van der Waals surface area contributed by atoms with Crippen molar-refractivity contribution in [1.82, 2.24) is 14.8 Å². The topological polar surface area (TPSA) is 33.6 Å². The smallest absolute Gasteiger partial charge is 0.216 e. The summed E-state index contributed by atoms with van der Waals surface area (Å²) >= 11 is 17.2. The van der Waals surface area contributed by atoms with Crippen LogP contribution in [0.1, 0.15) is 5.56 Å². The van der Waals surface area contributed by atoms with Gasteiger partial charge in [0.1, 0.15) is 0 Å². The second-order valence-electron chi connectivity index (χ2n) is 4.56. The second kappa shape index (κ2) is 6.02. The van der Waals surface area contributed by atoms with E-state index in [1.807, 2.05) is 41.1 Å². The van der Waals surface area contributed by atoms with Gasteiger partial charge in [-0.05, 0) is 36.0 Å². The highest BCUT2D eigenvalue weighted by molar-refractivity contribution is 7.71. The minimum Gasteiger partial charge on any atom is -0.279 e. The van der Waals surface area contributed by atoms with Gasteiger partial charge < -0.3 is 0 Å². The molecule has 0 aliphatic carbocycles. The van der Waals surface area contributed by atoms with Crippen LogP contribution < -0.4 is 0 Å². The van der Waals surface area contributed by atoms with Crippen LogP contribution in [0.3, 0.4) is 0 Å². The highest BCUT2D eigenvalue weighted by Gasteiger charge is 2.07. The highest BCUT2D eigenvalue weighted by atomic mass is 35.5. The van der Waals surface area contributed by atoms with Gasteiger partial charge in [0.25, 0.3) is 0 Å². The first kappa shape index (κ1) is 14.3. The van der Waals surface area contributed by atoms with Gasteiger partial charge in [-0.1, -0.05) is 53.5 Å². The summed E-state index contributed by atoms with van der Waals surface area (Å²) in [7, 11) is 0. The van der Waals surface area contributed by atoms with Crippen LogP contribution in [0.2, 0.25) is 10.0 Å². The minimum atomic E-state index is 0.492. The van der Waals surface area contributed by atoms with Crippen LogP contribution in [0.15, 0.2) is 48.5 Å². The van der Waals surface area contributed by atoms with Crippen molar-refractivity contribution >= 4 is 35.4 Å². The summed E-state index contributed by atoms with van der Waals surface area (Å²) in [5.41, 5.74) is 2.00. The van der Waals surface area contributed by atoms with Crippen molar-refractivity contribution in [2.45, 2.75) is 6.54 Å². The van der Waals surface area contributed by atoms with Crippen molar-refractivity contribution in [3.8, 4) is 11.4 Å². The molecule has 106 valence electrons. The molecular formula is C15H11Cl2N3S. The first-order valence-electron chi connectivity index (χ1n) is 6.30. The Balaban J connectivity index is 1.94. The summed E-state index contributed by atoms with van der Waals surface area (Å²) in [4.78, 5) is 4.37. The monoisotopic (exact) mass is 335 g/mol. The van der Waals surface area contributed by atoms with E-state index in [0.29, 0.717) is 27.2 Å². The fraction of sp³-hybridized carbons (Fsp3) is 0.0667. The number of aromatic amines is 1. The van der Waals surface area contributed by atoms with Crippen LogP contribution in [0.5, 0.6) is 0 Å². The summed E-state index contributed by atoms with van der Waals surface area (Å²) in [6.07, 6.45) is 0. The first-order chi connectivity index (χ1) is 10.1. The Bertz CT molecular complexity index is 824. The Morgan fingerprint density at radius 3 is 2.52 bits per heavy atom. The highest BCUT2D eigenvalue weighted by Crippen LogP contribution is 2.26. The number of hydrogen-bond donors (Lipinski definition) is 1. The predicted octanol–water partition coefficient (Wildman–Crippen LogP) is 4.96. The van der Waals surface area contributed by atoms with Gasteiger partial charge in [-0.25, -0.2) is 0 Å². The van der Waals surface area contributed by atoms with E-state index in [0.717, 1.165) is 11.1 Å². The third kappa shape index (κ3) is 3.18. The van der Waals surface area contributed by atoms with E-state index in [2.05, 4.69) is 10.1 Å². The molecule has 0 spiro atoms. The molecule has 3 nitrogen and oxygen atoms in total. The fourth-order valence-electron chi connectivity index (χ4n) is 2.00. The van der Waals surface area contributed by atoms with E-state index in [4.69, 9.17) is 35.4 Å². The molecule has 0 aliphatic rings. The molecule has 6 heteroatoms. The van der Waals surface area contributed by atoms with Gasteiger partial charge in [0.15, 0.2) is 5.82 Å². The molecule has 0 saturated heterocycles. The summed E-state index contributed by atoms with van der Waals surface area (Å²) in [5, 5.41) is 4.20. The molecule has 0 unspecified atom stereocenters. The predicted molar refractivity (Wildman–Crippen MR) is 88.4 cm³/mol. The molecule has 0 atom stereocenters. The van der Waals surface area contributed by atoms with Gasteiger partial charge in [-0.3, -0.25) is 9.78 Å². The van der Waals surface area contributed by atoms with Crippen molar-refractivity contribution in [2.24, 2.45) is 0 Å². The number of aromatic nitrogens is 3. The molecule has 0 radical (unpaired) electrons. The summed E-state index contributed by atoms with van der Waals surface area (Å²) < 4.78 is 2.32. The van der Waals surface area contributed by atoms with E-state index in [1.165, 1.54) is 0 Å². The maximum Gasteiger partial charge on any atom is 0.216 e. The van der Waals surface area contributed by atoms with Crippen molar-refractivity contribution in [3.63, 3.8) is 0 Å². The van der Waals surface area contributed by atoms with Crippen LogP contribution in [-0.4, -0.2) is 14.8 Å². The Morgan fingerprint density at radius 2 is 1.81 bits per heavy atom. The average molecular weight is 336 g/mol. The lowest BCUT2D eigenvalue weighted by molar-refractivity contribution is 0.677. The van der Waals surface area contributed by atoms with Crippen LogP contribution in [0.25, 0.3) is 11.4 Å². The number of nitrogens with zero attached hydrogens (tertiary/aromatic N) is 2.